The minimum atomic E-state index is -4.55. The number of rotatable bonds is 3. The predicted octanol–water partition coefficient (Wildman–Crippen LogP) is 4.11. The van der Waals surface area contributed by atoms with Crippen molar-refractivity contribution in [3.05, 3.63) is 53.6 Å². The molecule has 2 rings (SSSR count). The topological polar surface area (TPSA) is 43.4 Å². The zero-order valence-electron chi connectivity index (χ0n) is 11.5. The minimum Gasteiger partial charge on any atom is -0.426 e. The van der Waals surface area contributed by atoms with Gasteiger partial charge in [-0.2, -0.15) is 13.2 Å². The Kier molecular flexibility index (Phi) is 4.30. The van der Waals surface area contributed by atoms with Crippen LogP contribution in [0.3, 0.4) is 0 Å². The van der Waals surface area contributed by atoms with Crippen molar-refractivity contribution in [2.24, 2.45) is 0 Å². The molecule has 0 radical (unpaired) electrons. The smallest absolute Gasteiger partial charge is 0.417 e. The third-order valence-electron chi connectivity index (χ3n) is 2.92. The van der Waals surface area contributed by atoms with Crippen molar-refractivity contribution in [2.45, 2.75) is 13.1 Å². The summed E-state index contributed by atoms with van der Waals surface area (Å²) in [6.07, 6.45) is -4.03. The van der Waals surface area contributed by atoms with Crippen molar-refractivity contribution in [1.82, 2.24) is 0 Å². The standard InChI is InChI=1S/C16H11F3O3/c1-10(21)22-15-8-11(9-20)6-7-13(15)12-4-2-3-5-14(12)16(17,18)19/h2-9H,1H3. The van der Waals surface area contributed by atoms with Crippen molar-refractivity contribution in [3.8, 4) is 16.9 Å². The normalized spacial score (nSPS) is 11.1. The molecule has 0 spiro atoms. The maximum Gasteiger partial charge on any atom is 0.417 e. The van der Waals surface area contributed by atoms with Crippen LogP contribution in [-0.2, 0) is 11.0 Å². The lowest BCUT2D eigenvalue weighted by atomic mass is 9.97. The molecule has 0 aliphatic heterocycles. The van der Waals surface area contributed by atoms with Gasteiger partial charge in [0.25, 0.3) is 0 Å². The molecule has 0 saturated carbocycles. The van der Waals surface area contributed by atoms with Gasteiger partial charge >= 0.3 is 12.1 Å². The van der Waals surface area contributed by atoms with Crippen molar-refractivity contribution in [3.63, 3.8) is 0 Å². The second-order valence-electron chi connectivity index (χ2n) is 4.51. The van der Waals surface area contributed by atoms with Gasteiger partial charge in [-0.25, -0.2) is 0 Å². The molecule has 22 heavy (non-hydrogen) atoms. The van der Waals surface area contributed by atoms with E-state index in [2.05, 4.69) is 0 Å². The molecule has 3 nitrogen and oxygen atoms in total. The molecule has 2 aromatic carbocycles. The summed E-state index contributed by atoms with van der Waals surface area (Å²) in [5.74, 6) is -0.775. The molecule has 0 aromatic heterocycles. The third kappa shape index (κ3) is 3.33. The highest BCUT2D eigenvalue weighted by molar-refractivity contribution is 5.83. The van der Waals surface area contributed by atoms with E-state index in [1.54, 1.807) is 0 Å². The van der Waals surface area contributed by atoms with Crippen LogP contribution >= 0.6 is 0 Å². The Hall–Kier alpha value is -2.63. The van der Waals surface area contributed by atoms with Crippen LogP contribution in [0.5, 0.6) is 5.75 Å². The fourth-order valence-corrected chi connectivity index (χ4v) is 2.04. The molecule has 0 unspecified atom stereocenters. The fraction of sp³-hybridized carbons (Fsp3) is 0.125. The highest BCUT2D eigenvalue weighted by Crippen LogP contribution is 2.40. The maximum atomic E-state index is 13.1. The second-order valence-corrected chi connectivity index (χ2v) is 4.51. The summed E-state index contributed by atoms with van der Waals surface area (Å²) < 4.78 is 44.3. The monoisotopic (exact) mass is 308 g/mol. The molecule has 0 aliphatic carbocycles. The summed E-state index contributed by atoms with van der Waals surface area (Å²) in [5, 5.41) is 0. The van der Waals surface area contributed by atoms with Gasteiger partial charge in [-0.05, 0) is 23.8 Å². The molecule has 0 atom stereocenters. The summed E-state index contributed by atoms with van der Waals surface area (Å²) in [6.45, 7) is 1.13. The summed E-state index contributed by atoms with van der Waals surface area (Å²) in [5.41, 5.74) is -0.677. The molecule has 0 heterocycles. The molecule has 114 valence electrons. The van der Waals surface area contributed by atoms with E-state index in [9.17, 15) is 22.8 Å². The van der Waals surface area contributed by atoms with Crippen molar-refractivity contribution in [2.75, 3.05) is 0 Å². The number of carbonyl (C=O) groups is 2. The van der Waals surface area contributed by atoms with E-state index in [0.29, 0.717) is 6.29 Å². The molecular weight excluding hydrogens is 297 g/mol. The largest absolute Gasteiger partial charge is 0.426 e. The molecule has 0 bridgehead atoms. The van der Waals surface area contributed by atoms with Crippen LogP contribution in [0.1, 0.15) is 22.8 Å². The van der Waals surface area contributed by atoms with Crippen LogP contribution in [-0.4, -0.2) is 12.3 Å². The van der Waals surface area contributed by atoms with Crippen LogP contribution in [0, 0.1) is 0 Å². The van der Waals surface area contributed by atoms with E-state index < -0.39 is 17.7 Å². The quantitative estimate of drug-likeness (QED) is 0.487. The first-order chi connectivity index (χ1) is 10.3. The van der Waals surface area contributed by atoms with Crippen LogP contribution in [0.2, 0.25) is 0 Å². The number of aldehydes is 1. The fourth-order valence-electron chi connectivity index (χ4n) is 2.04. The number of hydrogen-bond donors (Lipinski definition) is 0. The summed E-state index contributed by atoms with van der Waals surface area (Å²) in [7, 11) is 0. The van der Waals surface area contributed by atoms with Gasteiger partial charge in [-0.3, -0.25) is 9.59 Å². The Morgan fingerprint density at radius 1 is 1.09 bits per heavy atom. The first kappa shape index (κ1) is 15.8. The average molecular weight is 308 g/mol. The number of halogens is 3. The second kappa shape index (κ2) is 6.01. The first-order valence-corrected chi connectivity index (χ1v) is 6.27. The molecule has 6 heteroatoms. The van der Waals surface area contributed by atoms with Gasteiger partial charge < -0.3 is 4.74 Å². The number of esters is 1. The van der Waals surface area contributed by atoms with Gasteiger partial charge in [-0.1, -0.05) is 24.3 Å². The Balaban J connectivity index is 2.67. The number of hydrogen-bond acceptors (Lipinski definition) is 3. The van der Waals surface area contributed by atoms with E-state index in [1.165, 1.54) is 36.4 Å². The van der Waals surface area contributed by atoms with Crippen LogP contribution in [0.15, 0.2) is 42.5 Å². The average Bonchev–Trinajstić information content (AvgIpc) is 2.45. The number of carbonyl (C=O) groups excluding carboxylic acids is 2. The molecule has 0 aliphatic rings. The predicted molar refractivity (Wildman–Crippen MR) is 73.6 cm³/mol. The molecule has 2 aromatic rings. The molecule has 0 amide bonds. The minimum absolute atomic E-state index is 0.0891. The molecular formula is C16H11F3O3. The van der Waals surface area contributed by atoms with E-state index in [1.807, 2.05) is 0 Å². The summed E-state index contributed by atoms with van der Waals surface area (Å²) in [6, 6.07) is 8.88. The van der Waals surface area contributed by atoms with Gasteiger partial charge in [0.2, 0.25) is 0 Å². The maximum absolute atomic E-state index is 13.1. The van der Waals surface area contributed by atoms with Crippen molar-refractivity contribution in [1.29, 1.82) is 0 Å². The zero-order valence-corrected chi connectivity index (χ0v) is 11.5. The molecule has 0 N–H and O–H groups in total. The number of benzene rings is 2. The van der Waals surface area contributed by atoms with E-state index in [-0.39, 0.29) is 22.4 Å². The third-order valence-corrected chi connectivity index (χ3v) is 2.92. The zero-order chi connectivity index (χ0) is 16.3. The van der Waals surface area contributed by atoms with Crippen molar-refractivity contribution < 1.29 is 27.5 Å². The Morgan fingerprint density at radius 2 is 1.77 bits per heavy atom. The van der Waals surface area contributed by atoms with Gasteiger partial charge in [-0.15, -0.1) is 0 Å². The van der Waals surface area contributed by atoms with E-state index in [4.69, 9.17) is 4.74 Å². The molecule has 0 saturated heterocycles. The first-order valence-electron chi connectivity index (χ1n) is 6.27. The van der Waals surface area contributed by atoms with Crippen LogP contribution < -0.4 is 4.74 Å². The Morgan fingerprint density at radius 3 is 2.36 bits per heavy atom. The Labute approximate surface area is 124 Å². The SMILES string of the molecule is CC(=O)Oc1cc(C=O)ccc1-c1ccccc1C(F)(F)F. The number of alkyl halides is 3. The lowest BCUT2D eigenvalue weighted by Crippen LogP contribution is -2.08. The van der Waals surface area contributed by atoms with Gasteiger partial charge in [0, 0.05) is 18.1 Å². The lowest BCUT2D eigenvalue weighted by molar-refractivity contribution is -0.137. The highest BCUT2D eigenvalue weighted by Gasteiger charge is 2.34. The lowest BCUT2D eigenvalue weighted by Gasteiger charge is -2.15. The van der Waals surface area contributed by atoms with Crippen LogP contribution in [0.4, 0.5) is 13.2 Å². The van der Waals surface area contributed by atoms with E-state index >= 15 is 0 Å². The number of ether oxygens (including phenoxy) is 1. The highest BCUT2D eigenvalue weighted by atomic mass is 19.4. The summed E-state index contributed by atoms with van der Waals surface area (Å²) >= 11 is 0. The van der Waals surface area contributed by atoms with Crippen LogP contribution in [0.25, 0.3) is 11.1 Å². The van der Waals surface area contributed by atoms with Gasteiger partial charge in [0.15, 0.2) is 0 Å². The Bertz CT molecular complexity index is 721. The summed E-state index contributed by atoms with van der Waals surface area (Å²) in [4.78, 5) is 21.9. The van der Waals surface area contributed by atoms with Gasteiger partial charge in [0.05, 0.1) is 5.56 Å². The van der Waals surface area contributed by atoms with Crippen molar-refractivity contribution >= 4 is 12.3 Å². The van der Waals surface area contributed by atoms with E-state index in [0.717, 1.165) is 13.0 Å². The molecule has 0 fully saturated rings. The van der Waals surface area contributed by atoms with Gasteiger partial charge in [0.1, 0.15) is 12.0 Å².